The number of rotatable bonds is 8. The Labute approximate surface area is 130 Å². The fourth-order valence-corrected chi connectivity index (χ4v) is 2.04. The molecule has 21 heavy (non-hydrogen) atoms. The van der Waals surface area contributed by atoms with E-state index >= 15 is 0 Å². The molecule has 0 amide bonds. The highest BCUT2D eigenvalue weighted by atomic mass is 35.5. The lowest BCUT2D eigenvalue weighted by atomic mass is 10.2. The molecule has 0 bridgehead atoms. The molecule has 0 heterocycles. The van der Waals surface area contributed by atoms with Gasteiger partial charge in [-0.25, -0.2) is 0 Å². The van der Waals surface area contributed by atoms with Crippen LogP contribution >= 0.6 is 11.6 Å². The van der Waals surface area contributed by atoms with Gasteiger partial charge in [-0.1, -0.05) is 35.9 Å². The van der Waals surface area contributed by atoms with E-state index in [2.05, 4.69) is 5.32 Å². The lowest BCUT2D eigenvalue weighted by molar-refractivity contribution is 0.275. The molecule has 0 aliphatic carbocycles. The summed E-state index contributed by atoms with van der Waals surface area (Å²) in [6.45, 7) is 4.76. The lowest BCUT2D eigenvalue weighted by Crippen LogP contribution is -2.20. The average Bonchev–Trinajstić information content (AvgIpc) is 2.51. The van der Waals surface area contributed by atoms with Gasteiger partial charge in [0.25, 0.3) is 0 Å². The molecule has 2 rings (SSSR count). The maximum Gasteiger partial charge on any atom is 0.161 e. The Bertz CT molecular complexity index is 543. The number of hydrogen-bond acceptors (Lipinski definition) is 3. The van der Waals surface area contributed by atoms with E-state index in [0.29, 0.717) is 13.2 Å². The van der Waals surface area contributed by atoms with E-state index in [4.69, 9.17) is 21.1 Å². The smallest absolute Gasteiger partial charge is 0.161 e. The summed E-state index contributed by atoms with van der Waals surface area (Å²) >= 11 is 5.85. The van der Waals surface area contributed by atoms with E-state index in [1.54, 1.807) is 0 Å². The van der Waals surface area contributed by atoms with Crippen molar-refractivity contribution in [3.63, 3.8) is 0 Å². The van der Waals surface area contributed by atoms with Gasteiger partial charge in [0.2, 0.25) is 0 Å². The molecule has 0 aliphatic heterocycles. The SMILES string of the molecule is CCOc1ccccc1OCCNCc1ccc(Cl)cc1. The predicted molar refractivity (Wildman–Crippen MR) is 86.3 cm³/mol. The van der Waals surface area contributed by atoms with Crippen LogP contribution in [0.5, 0.6) is 11.5 Å². The molecule has 2 aromatic carbocycles. The fourth-order valence-electron chi connectivity index (χ4n) is 1.91. The Morgan fingerprint density at radius 1 is 0.952 bits per heavy atom. The third-order valence-corrected chi connectivity index (χ3v) is 3.18. The highest BCUT2D eigenvalue weighted by Crippen LogP contribution is 2.26. The van der Waals surface area contributed by atoms with Crippen LogP contribution in [0.3, 0.4) is 0 Å². The van der Waals surface area contributed by atoms with E-state index in [1.165, 1.54) is 5.56 Å². The van der Waals surface area contributed by atoms with Gasteiger partial charge in [0.15, 0.2) is 11.5 Å². The van der Waals surface area contributed by atoms with E-state index in [-0.39, 0.29) is 0 Å². The monoisotopic (exact) mass is 305 g/mol. The molecule has 3 nitrogen and oxygen atoms in total. The number of benzene rings is 2. The largest absolute Gasteiger partial charge is 0.490 e. The Kier molecular flexibility index (Phi) is 6.38. The summed E-state index contributed by atoms with van der Waals surface area (Å²) in [5.74, 6) is 1.57. The molecule has 4 heteroatoms. The van der Waals surface area contributed by atoms with Crippen molar-refractivity contribution < 1.29 is 9.47 Å². The highest BCUT2D eigenvalue weighted by molar-refractivity contribution is 6.30. The highest BCUT2D eigenvalue weighted by Gasteiger charge is 2.02. The number of ether oxygens (including phenoxy) is 2. The van der Waals surface area contributed by atoms with Gasteiger partial charge in [-0.3, -0.25) is 0 Å². The Balaban J connectivity index is 1.71. The molecule has 0 saturated heterocycles. The summed E-state index contributed by atoms with van der Waals surface area (Å²) < 4.78 is 11.3. The molecule has 0 radical (unpaired) electrons. The minimum atomic E-state index is 0.595. The third-order valence-electron chi connectivity index (χ3n) is 2.93. The number of para-hydroxylation sites is 2. The average molecular weight is 306 g/mol. The molecule has 0 saturated carbocycles. The van der Waals surface area contributed by atoms with Crippen LogP contribution in [0.15, 0.2) is 48.5 Å². The van der Waals surface area contributed by atoms with E-state index < -0.39 is 0 Å². The number of halogens is 1. The van der Waals surface area contributed by atoms with Gasteiger partial charge in [0.05, 0.1) is 6.61 Å². The van der Waals surface area contributed by atoms with Gasteiger partial charge in [0.1, 0.15) is 6.61 Å². The molecule has 0 aliphatic rings. The first-order chi connectivity index (χ1) is 10.3. The second-order valence-corrected chi connectivity index (χ2v) is 4.97. The van der Waals surface area contributed by atoms with Gasteiger partial charge in [-0.05, 0) is 36.8 Å². The topological polar surface area (TPSA) is 30.5 Å². The van der Waals surface area contributed by atoms with E-state index in [0.717, 1.165) is 29.6 Å². The molecular formula is C17H20ClNO2. The van der Waals surface area contributed by atoms with Gasteiger partial charge < -0.3 is 14.8 Å². The van der Waals surface area contributed by atoms with Crippen LogP contribution in [-0.2, 0) is 6.54 Å². The van der Waals surface area contributed by atoms with Crippen molar-refractivity contribution in [3.05, 3.63) is 59.1 Å². The van der Waals surface area contributed by atoms with Crippen LogP contribution in [0.4, 0.5) is 0 Å². The van der Waals surface area contributed by atoms with Gasteiger partial charge >= 0.3 is 0 Å². The van der Waals surface area contributed by atoms with Crippen molar-refractivity contribution in [1.82, 2.24) is 5.32 Å². The second kappa shape index (κ2) is 8.55. The molecule has 1 N–H and O–H groups in total. The van der Waals surface area contributed by atoms with E-state index in [1.807, 2.05) is 55.5 Å². The Hall–Kier alpha value is -1.71. The van der Waals surface area contributed by atoms with Crippen molar-refractivity contribution in [1.29, 1.82) is 0 Å². The van der Waals surface area contributed by atoms with Crippen LogP contribution < -0.4 is 14.8 Å². The Morgan fingerprint density at radius 3 is 2.29 bits per heavy atom. The van der Waals surface area contributed by atoms with Crippen LogP contribution in [0.2, 0.25) is 5.02 Å². The van der Waals surface area contributed by atoms with Crippen LogP contribution in [0.1, 0.15) is 12.5 Å². The van der Waals surface area contributed by atoms with Crippen molar-refractivity contribution in [2.75, 3.05) is 19.8 Å². The Morgan fingerprint density at radius 2 is 1.62 bits per heavy atom. The molecule has 0 unspecified atom stereocenters. The molecule has 112 valence electrons. The van der Waals surface area contributed by atoms with Crippen molar-refractivity contribution in [3.8, 4) is 11.5 Å². The zero-order valence-corrected chi connectivity index (χ0v) is 12.9. The minimum Gasteiger partial charge on any atom is -0.490 e. The van der Waals surface area contributed by atoms with Gasteiger partial charge in [-0.2, -0.15) is 0 Å². The first-order valence-corrected chi connectivity index (χ1v) is 7.47. The summed E-state index contributed by atoms with van der Waals surface area (Å²) in [6.07, 6.45) is 0. The van der Waals surface area contributed by atoms with Crippen LogP contribution in [0.25, 0.3) is 0 Å². The summed E-state index contributed by atoms with van der Waals surface area (Å²) in [5.41, 5.74) is 1.20. The fraction of sp³-hybridized carbons (Fsp3) is 0.294. The first kappa shape index (κ1) is 15.7. The first-order valence-electron chi connectivity index (χ1n) is 7.09. The molecule has 0 spiro atoms. The molecule has 0 fully saturated rings. The number of hydrogen-bond donors (Lipinski definition) is 1. The quantitative estimate of drug-likeness (QED) is 0.750. The zero-order valence-electron chi connectivity index (χ0n) is 12.1. The normalized spacial score (nSPS) is 10.4. The van der Waals surface area contributed by atoms with Gasteiger partial charge in [-0.15, -0.1) is 0 Å². The molecule has 2 aromatic rings. The third kappa shape index (κ3) is 5.29. The van der Waals surface area contributed by atoms with Crippen molar-refractivity contribution in [2.24, 2.45) is 0 Å². The maximum absolute atomic E-state index is 5.85. The molecular weight excluding hydrogens is 286 g/mol. The van der Waals surface area contributed by atoms with Gasteiger partial charge in [0, 0.05) is 18.1 Å². The lowest BCUT2D eigenvalue weighted by Gasteiger charge is -2.12. The second-order valence-electron chi connectivity index (χ2n) is 4.53. The summed E-state index contributed by atoms with van der Waals surface area (Å²) in [4.78, 5) is 0. The maximum atomic E-state index is 5.85. The predicted octanol–water partition coefficient (Wildman–Crippen LogP) is 3.91. The van der Waals surface area contributed by atoms with Crippen molar-refractivity contribution in [2.45, 2.75) is 13.5 Å². The molecule has 0 aromatic heterocycles. The summed E-state index contributed by atoms with van der Waals surface area (Å²) in [6, 6.07) is 15.5. The minimum absolute atomic E-state index is 0.595. The molecule has 0 atom stereocenters. The summed E-state index contributed by atoms with van der Waals surface area (Å²) in [7, 11) is 0. The van der Waals surface area contributed by atoms with Crippen molar-refractivity contribution >= 4 is 11.6 Å². The van der Waals surface area contributed by atoms with Crippen LogP contribution in [0, 0.1) is 0 Å². The standard InChI is InChI=1S/C17H20ClNO2/c1-2-20-16-5-3-4-6-17(16)21-12-11-19-13-14-7-9-15(18)10-8-14/h3-10,19H,2,11-13H2,1H3. The number of nitrogens with one attached hydrogen (secondary N) is 1. The zero-order chi connectivity index (χ0) is 14.9. The summed E-state index contributed by atoms with van der Waals surface area (Å²) in [5, 5.41) is 4.09. The van der Waals surface area contributed by atoms with Crippen LogP contribution in [-0.4, -0.2) is 19.8 Å². The van der Waals surface area contributed by atoms with E-state index in [9.17, 15) is 0 Å².